The number of hydrogen-bond acceptors (Lipinski definition) is 3. The van der Waals surface area contributed by atoms with E-state index >= 15 is 0 Å². The first-order valence-corrected chi connectivity index (χ1v) is 6.79. The van der Waals surface area contributed by atoms with E-state index in [-0.39, 0.29) is 0 Å². The standard InChI is InChI=1S/C15H23NO2/c1-12-4-3-5-14(10-12)17-9-8-16-11-15-7-6-13(2)18-15/h3-5,10,13,15-16H,6-9,11H2,1-2H3. The minimum Gasteiger partial charge on any atom is -0.492 e. The van der Waals surface area contributed by atoms with Crippen LogP contribution >= 0.6 is 0 Å². The van der Waals surface area contributed by atoms with Crippen LogP contribution in [-0.4, -0.2) is 31.9 Å². The van der Waals surface area contributed by atoms with Crippen LogP contribution in [0.15, 0.2) is 24.3 Å². The zero-order chi connectivity index (χ0) is 12.8. The molecular weight excluding hydrogens is 226 g/mol. The summed E-state index contributed by atoms with van der Waals surface area (Å²) in [7, 11) is 0. The van der Waals surface area contributed by atoms with Gasteiger partial charge in [-0.05, 0) is 44.4 Å². The van der Waals surface area contributed by atoms with Gasteiger partial charge in [-0.25, -0.2) is 0 Å². The third kappa shape index (κ3) is 4.31. The molecule has 1 aliphatic rings. The summed E-state index contributed by atoms with van der Waals surface area (Å²) in [4.78, 5) is 0. The molecule has 0 aromatic heterocycles. The fourth-order valence-electron chi connectivity index (χ4n) is 2.24. The monoisotopic (exact) mass is 249 g/mol. The molecule has 2 rings (SSSR count). The molecule has 1 fully saturated rings. The summed E-state index contributed by atoms with van der Waals surface area (Å²) >= 11 is 0. The molecule has 1 N–H and O–H groups in total. The fraction of sp³-hybridized carbons (Fsp3) is 0.600. The van der Waals surface area contributed by atoms with Gasteiger partial charge in [-0.1, -0.05) is 12.1 Å². The van der Waals surface area contributed by atoms with E-state index in [1.807, 2.05) is 12.1 Å². The lowest BCUT2D eigenvalue weighted by Gasteiger charge is -2.12. The molecule has 1 aromatic rings. The predicted molar refractivity (Wildman–Crippen MR) is 73.1 cm³/mol. The van der Waals surface area contributed by atoms with Crippen LogP contribution < -0.4 is 10.1 Å². The first kappa shape index (κ1) is 13.4. The van der Waals surface area contributed by atoms with Crippen molar-refractivity contribution < 1.29 is 9.47 Å². The number of nitrogens with one attached hydrogen (secondary N) is 1. The lowest BCUT2D eigenvalue weighted by atomic mass is 10.2. The lowest BCUT2D eigenvalue weighted by Crippen LogP contribution is -2.30. The van der Waals surface area contributed by atoms with Gasteiger partial charge in [0.25, 0.3) is 0 Å². The maximum Gasteiger partial charge on any atom is 0.119 e. The Kier molecular flexibility index (Phi) is 5.02. The molecule has 1 saturated heterocycles. The highest BCUT2D eigenvalue weighted by Crippen LogP contribution is 2.18. The Morgan fingerprint density at radius 3 is 3.00 bits per heavy atom. The van der Waals surface area contributed by atoms with Crippen LogP contribution in [0, 0.1) is 6.92 Å². The third-order valence-corrected chi connectivity index (χ3v) is 3.23. The molecule has 2 atom stereocenters. The smallest absolute Gasteiger partial charge is 0.119 e. The van der Waals surface area contributed by atoms with E-state index in [1.54, 1.807) is 0 Å². The van der Waals surface area contributed by atoms with Crippen molar-refractivity contribution in [1.82, 2.24) is 5.32 Å². The Hall–Kier alpha value is -1.06. The molecule has 0 radical (unpaired) electrons. The summed E-state index contributed by atoms with van der Waals surface area (Å²) < 4.78 is 11.4. The largest absolute Gasteiger partial charge is 0.492 e. The highest BCUT2D eigenvalue weighted by molar-refractivity contribution is 5.27. The molecule has 1 heterocycles. The van der Waals surface area contributed by atoms with Gasteiger partial charge >= 0.3 is 0 Å². The van der Waals surface area contributed by atoms with Crippen LogP contribution in [0.3, 0.4) is 0 Å². The summed E-state index contributed by atoms with van der Waals surface area (Å²) in [5, 5.41) is 3.38. The minimum absolute atomic E-state index is 0.388. The number of aryl methyl sites for hydroxylation is 1. The van der Waals surface area contributed by atoms with Crippen molar-refractivity contribution in [3.05, 3.63) is 29.8 Å². The summed E-state index contributed by atoms with van der Waals surface area (Å²) in [6.07, 6.45) is 3.18. The Labute approximate surface area is 109 Å². The van der Waals surface area contributed by atoms with Gasteiger partial charge in [-0.3, -0.25) is 0 Å². The van der Waals surface area contributed by atoms with E-state index in [0.717, 1.165) is 18.8 Å². The van der Waals surface area contributed by atoms with Crippen molar-refractivity contribution >= 4 is 0 Å². The van der Waals surface area contributed by atoms with E-state index in [2.05, 4.69) is 31.3 Å². The van der Waals surface area contributed by atoms with Gasteiger partial charge in [0.2, 0.25) is 0 Å². The summed E-state index contributed by atoms with van der Waals surface area (Å²) in [6, 6.07) is 8.14. The van der Waals surface area contributed by atoms with Crippen molar-refractivity contribution in [1.29, 1.82) is 0 Å². The van der Waals surface area contributed by atoms with Gasteiger partial charge in [-0.15, -0.1) is 0 Å². The lowest BCUT2D eigenvalue weighted by molar-refractivity contribution is 0.0557. The molecule has 0 aliphatic carbocycles. The van der Waals surface area contributed by atoms with E-state index < -0.39 is 0 Å². The Morgan fingerprint density at radius 1 is 1.39 bits per heavy atom. The Bertz CT molecular complexity index is 367. The second-order valence-electron chi connectivity index (χ2n) is 5.02. The molecule has 3 heteroatoms. The van der Waals surface area contributed by atoms with Crippen molar-refractivity contribution in [2.75, 3.05) is 19.7 Å². The molecule has 0 saturated carbocycles. The number of hydrogen-bond donors (Lipinski definition) is 1. The Morgan fingerprint density at radius 2 is 2.28 bits per heavy atom. The molecule has 2 unspecified atom stereocenters. The maximum atomic E-state index is 5.74. The van der Waals surface area contributed by atoms with Crippen LogP contribution in [0.2, 0.25) is 0 Å². The molecule has 3 nitrogen and oxygen atoms in total. The van der Waals surface area contributed by atoms with E-state index in [0.29, 0.717) is 18.8 Å². The fourth-order valence-corrected chi connectivity index (χ4v) is 2.24. The summed E-state index contributed by atoms with van der Waals surface area (Å²) in [5.74, 6) is 0.947. The van der Waals surface area contributed by atoms with E-state index in [9.17, 15) is 0 Å². The first-order valence-electron chi connectivity index (χ1n) is 6.79. The van der Waals surface area contributed by atoms with Crippen molar-refractivity contribution in [2.45, 2.75) is 38.9 Å². The minimum atomic E-state index is 0.388. The number of benzene rings is 1. The topological polar surface area (TPSA) is 30.5 Å². The van der Waals surface area contributed by atoms with E-state index in [1.165, 1.54) is 18.4 Å². The average Bonchev–Trinajstić information content (AvgIpc) is 2.75. The van der Waals surface area contributed by atoms with Gasteiger partial charge in [-0.2, -0.15) is 0 Å². The molecule has 0 amide bonds. The zero-order valence-electron chi connectivity index (χ0n) is 11.3. The normalized spacial score (nSPS) is 23.2. The molecule has 100 valence electrons. The van der Waals surface area contributed by atoms with Crippen molar-refractivity contribution in [3.8, 4) is 5.75 Å². The molecule has 0 spiro atoms. The molecular formula is C15H23NO2. The van der Waals surface area contributed by atoms with Gasteiger partial charge in [0.15, 0.2) is 0 Å². The highest BCUT2D eigenvalue weighted by atomic mass is 16.5. The highest BCUT2D eigenvalue weighted by Gasteiger charge is 2.20. The number of rotatable bonds is 6. The quantitative estimate of drug-likeness (QED) is 0.786. The van der Waals surface area contributed by atoms with E-state index in [4.69, 9.17) is 9.47 Å². The summed E-state index contributed by atoms with van der Waals surface area (Å²) in [6.45, 7) is 6.71. The van der Waals surface area contributed by atoms with Gasteiger partial charge in [0.1, 0.15) is 12.4 Å². The second kappa shape index (κ2) is 6.76. The van der Waals surface area contributed by atoms with Crippen LogP contribution in [0.5, 0.6) is 5.75 Å². The van der Waals surface area contributed by atoms with Crippen molar-refractivity contribution in [2.24, 2.45) is 0 Å². The Balaban J connectivity index is 1.56. The van der Waals surface area contributed by atoms with Crippen molar-refractivity contribution in [3.63, 3.8) is 0 Å². The van der Waals surface area contributed by atoms with Gasteiger partial charge in [0.05, 0.1) is 12.2 Å². The third-order valence-electron chi connectivity index (χ3n) is 3.23. The van der Waals surface area contributed by atoms with Gasteiger partial charge in [0, 0.05) is 13.1 Å². The first-order chi connectivity index (χ1) is 8.74. The van der Waals surface area contributed by atoms with Crippen LogP contribution in [0.4, 0.5) is 0 Å². The maximum absolute atomic E-state index is 5.74. The predicted octanol–water partition coefficient (Wildman–Crippen LogP) is 2.53. The molecule has 1 aliphatic heterocycles. The SMILES string of the molecule is Cc1cccc(OCCNCC2CCC(C)O2)c1. The van der Waals surface area contributed by atoms with Crippen LogP contribution in [0.25, 0.3) is 0 Å². The molecule has 0 bridgehead atoms. The average molecular weight is 249 g/mol. The second-order valence-corrected chi connectivity index (χ2v) is 5.02. The molecule has 1 aromatic carbocycles. The number of ether oxygens (including phenoxy) is 2. The van der Waals surface area contributed by atoms with Crippen LogP contribution in [-0.2, 0) is 4.74 Å². The zero-order valence-corrected chi connectivity index (χ0v) is 11.3. The van der Waals surface area contributed by atoms with Gasteiger partial charge < -0.3 is 14.8 Å². The summed E-state index contributed by atoms with van der Waals surface area (Å²) in [5.41, 5.74) is 1.23. The van der Waals surface area contributed by atoms with Crippen LogP contribution in [0.1, 0.15) is 25.3 Å². The molecule has 18 heavy (non-hydrogen) atoms.